The topological polar surface area (TPSA) is 80.9 Å². The monoisotopic (exact) mass is 392 g/mol. The Balaban J connectivity index is 1.51. The molecule has 0 fully saturated rings. The standard InChI is InChI=1S/C18H18F2N4O2S/c1-10(2)17-23-16(26-24-17)6-5-15(25)22-18-21-9-12(27-18)7-11-3-4-13(19)14(20)8-11/h3-4,8-10H,5-7H2,1-2H3,(H,21,22,25). The summed E-state index contributed by atoms with van der Waals surface area (Å²) in [5.41, 5.74) is 0.632. The Bertz CT molecular complexity index is 939. The first kappa shape index (κ1) is 19.1. The molecule has 2 aromatic heterocycles. The summed E-state index contributed by atoms with van der Waals surface area (Å²) in [6.45, 7) is 3.92. The van der Waals surface area contributed by atoms with Gasteiger partial charge >= 0.3 is 0 Å². The van der Waals surface area contributed by atoms with Crippen molar-refractivity contribution < 1.29 is 18.1 Å². The molecule has 0 unspecified atom stereocenters. The lowest BCUT2D eigenvalue weighted by atomic mass is 10.1. The molecule has 0 aliphatic rings. The Hall–Kier alpha value is -2.68. The van der Waals surface area contributed by atoms with Gasteiger partial charge < -0.3 is 9.84 Å². The van der Waals surface area contributed by atoms with E-state index in [0.29, 0.717) is 35.3 Å². The van der Waals surface area contributed by atoms with Crippen molar-refractivity contribution in [3.8, 4) is 0 Å². The van der Waals surface area contributed by atoms with Crippen LogP contribution in [0.15, 0.2) is 28.9 Å². The zero-order valence-corrected chi connectivity index (χ0v) is 15.6. The fraction of sp³-hybridized carbons (Fsp3) is 0.333. The molecule has 0 aliphatic heterocycles. The second kappa shape index (κ2) is 8.34. The number of carbonyl (C=O) groups is 1. The van der Waals surface area contributed by atoms with Crippen LogP contribution in [0.3, 0.4) is 0 Å². The third-order valence-electron chi connectivity index (χ3n) is 3.73. The van der Waals surface area contributed by atoms with Crippen LogP contribution in [0.1, 0.15) is 48.3 Å². The zero-order chi connectivity index (χ0) is 19.4. The highest BCUT2D eigenvalue weighted by atomic mass is 32.1. The van der Waals surface area contributed by atoms with Gasteiger partial charge in [-0.05, 0) is 17.7 Å². The Morgan fingerprint density at radius 3 is 2.81 bits per heavy atom. The highest BCUT2D eigenvalue weighted by molar-refractivity contribution is 7.15. The number of hydrogen-bond donors (Lipinski definition) is 1. The van der Waals surface area contributed by atoms with Crippen LogP contribution in [0.25, 0.3) is 0 Å². The number of thiazole rings is 1. The zero-order valence-electron chi connectivity index (χ0n) is 14.8. The van der Waals surface area contributed by atoms with Gasteiger partial charge in [-0.25, -0.2) is 13.8 Å². The molecule has 1 aromatic carbocycles. The van der Waals surface area contributed by atoms with Crippen molar-refractivity contribution in [3.05, 3.63) is 58.2 Å². The number of anilines is 1. The summed E-state index contributed by atoms with van der Waals surface area (Å²) >= 11 is 1.29. The number of rotatable bonds is 7. The van der Waals surface area contributed by atoms with E-state index in [1.165, 1.54) is 17.4 Å². The summed E-state index contributed by atoms with van der Waals surface area (Å²) in [5.74, 6) is -0.767. The maximum absolute atomic E-state index is 13.3. The smallest absolute Gasteiger partial charge is 0.227 e. The van der Waals surface area contributed by atoms with Gasteiger partial charge in [-0.3, -0.25) is 4.79 Å². The average Bonchev–Trinajstić information content (AvgIpc) is 3.26. The Morgan fingerprint density at radius 2 is 2.11 bits per heavy atom. The number of aromatic nitrogens is 3. The highest BCUT2D eigenvalue weighted by Gasteiger charge is 2.13. The third-order valence-corrected chi connectivity index (χ3v) is 4.64. The summed E-state index contributed by atoms with van der Waals surface area (Å²) in [4.78, 5) is 21.2. The lowest BCUT2D eigenvalue weighted by Crippen LogP contribution is -2.12. The van der Waals surface area contributed by atoms with E-state index in [2.05, 4.69) is 20.4 Å². The Kier molecular flexibility index (Phi) is 5.90. The molecular formula is C18H18F2N4O2S. The molecule has 0 radical (unpaired) electrons. The summed E-state index contributed by atoms with van der Waals surface area (Å²) in [6, 6.07) is 3.77. The van der Waals surface area contributed by atoms with Gasteiger partial charge in [0.15, 0.2) is 22.6 Å². The van der Waals surface area contributed by atoms with Crippen LogP contribution < -0.4 is 5.32 Å². The van der Waals surface area contributed by atoms with E-state index in [1.807, 2.05) is 13.8 Å². The van der Waals surface area contributed by atoms with E-state index in [1.54, 1.807) is 6.20 Å². The predicted octanol–water partition coefficient (Wildman–Crippen LogP) is 4.09. The molecule has 0 saturated heterocycles. The van der Waals surface area contributed by atoms with E-state index in [0.717, 1.165) is 17.0 Å². The molecule has 1 N–H and O–H groups in total. The van der Waals surface area contributed by atoms with Crippen molar-refractivity contribution in [1.29, 1.82) is 0 Å². The van der Waals surface area contributed by atoms with Gasteiger partial charge in [0.25, 0.3) is 0 Å². The molecule has 3 aromatic rings. The first-order chi connectivity index (χ1) is 12.9. The number of aryl methyl sites for hydroxylation is 1. The Morgan fingerprint density at radius 1 is 1.30 bits per heavy atom. The number of amides is 1. The van der Waals surface area contributed by atoms with Gasteiger partial charge in [-0.1, -0.05) is 25.1 Å². The minimum atomic E-state index is -0.882. The fourth-order valence-corrected chi connectivity index (χ4v) is 3.17. The van der Waals surface area contributed by atoms with Gasteiger partial charge in [0.1, 0.15) is 0 Å². The minimum absolute atomic E-state index is 0.166. The first-order valence-corrected chi connectivity index (χ1v) is 9.23. The van der Waals surface area contributed by atoms with E-state index in [9.17, 15) is 13.6 Å². The highest BCUT2D eigenvalue weighted by Crippen LogP contribution is 2.22. The number of benzene rings is 1. The average molecular weight is 392 g/mol. The minimum Gasteiger partial charge on any atom is -0.339 e. The molecule has 6 nitrogen and oxygen atoms in total. The van der Waals surface area contributed by atoms with E-state index >= 15 is 0 Å². The van der Waals surface area contributed by atoms with Crippen LogP contribution >= 0.6 is 11.3 Å². The summed E-state index contributed by atoms with van der Waals surface area (Å²) < 4.78 is 31.3. The largest absolute Gasteiger partial charge is 0.339 e. The van der Waals surface area contributed by atoms with Gasteiger partial charge in [-0.15, -0.1) is 11.3 Å². The number of carbonyl (C=O) groups excluding carboxylic acids is 1. The normalized spacial score (nSPS) is 11.1. The maximum Gasteiger partial charge on any atom is 0.227 e. The lowest BCUT2D eigenvalue weighted by Gasteiger charge is -2.00. The second-order valence-electron chi connectivity index (χ2n) is 6.31. The number of nitrogens with one attached hydrogen (secondary N) is 1. The van der Waals surface area contributed by atoms with E-state index in [-0.39, 0.29) is 18.2 Å². The van der Waals surface area contributed by atoms with Crippen molar-refractivity contribution >= 4 is 22.4 Å². The van der Waals surface area contributed by atoms with Gasteiger partial charge in [0, 0.05) is 36.3 Å². The molecule has 3 rings (SSSR count). The van der Waals surface area contributed by atoms with Crippen LogP contribution in [0.4, 0.5) is 13.9 Å². The lowest BCUT2D eigenvalue weighted by molar-refractivity contribution is -0.116. The van der Waals surface area contributed by atoms with Gasteiger partial charge in [0.2, 0.25) is 11.8 Å². The van der Waals surface area contributed by atoms with Crippen LogP contribution in [0.5, 0.6) is 0 Å². The van der Waals surface area contributed by atoms with Crippen molar-refractivity contribution in [2.75, 3.05) is 5.32 Å². The molecule has 0 atom stereocenters. The molecule has 0 spiro atoms. The maximum atomic E-state index is 13.3. The van der Waals surface area contributed by atoms with E-state index < -0.39 is 11.6 Å². The molecule has 27 heavy (non-hydrogen) atoms. The second-order valence-corrected chi connectivity index (χ2v) is 7.42. The van der Waals surface area contributed by atoms with Crippen molar-refractivity contribution in [2.45, 2.75) is 39.0 Å². The van der Waals surface area contributed by atoms with Crippen LogP contribution in [0.2, 0.25) is 0 Å². The molecule has 0 aliphatic carbocycles. The van der Waals surface area contributed by atoms with Crippen molar-refractivity contribution in [1.82, 2.24) is 15.1 Å². The van der Waals surface area contributed by atoms with Crippen LogP contribution in [0, 0.1) is 11.6 Å². The third kappa shape index (κ3) is 5.16. The summed E-state index contributed by atoms with van der Waals surface area (Å²) in [7, 11) is 0. The molecule has 142 valence electrons. The molecule has 9 heteroatoms. The molecule has 0 bridgehead atoms. The first-order valence-electron chi connectivity index (χ1n) is 8.41. The summed E-state index contributed by atoms with van der Waals surface area (Å²) in [6.07, 6.45) is 2.55. The van der Waals surface area contributed by atoms with Gasteiger partial charge in [-0.2, -0.15) is 4.98 Å². The van der Waals surface area contributed by atoms with Crippen molar-refractivity contribution in [3.63, 3.8) is 0 Å². The Labute approximate surface area is 158 Å². The number of nitrogens with zero attached hydrogens (tertiary/aromatic N) is 3. The predicted molar refractivity (Wildman–Crippen MR) is 96.6 cm³/mol. The molecule has 1 amide bonds. The molecule has 2 heterocycles. The van der Waals surface area contributed by atoms with Crippen molar-refractivity contribution in [2.24, 2.45) is 0 Å². The quantitative estimate of drug-likeness (QED) is 0.655. The SMILES string of the molecule is CC(C)c1noc(CCC(=O)Nc2ncc(Cc3ccc(F)c(F)c3)s2)n1. The number of hydrogen-bond acceptors (Lipinski definition) is 6. The van der Waals surface area contributed by atoms with Crippen LogP contribution in [-0.2, 0) is 17.6 Å². The molecular weight excluding hydrogens is 374 g/mol. The fourth-order valence-electron chi connectivity index (χ4n) is 2.30. The van der Waals surface area contributed by atoms with E-state index in [4.69, 9.17) is 4.52 Å². The molecule has 0 saturated carbocycles. The van der Waals surface area contributed by atoms with Crippen LogP contribution in [-0.4, -0.2) is 21.0 Å². The van der Waals surface area contributed by atoms with Gasteiger partial charge in [0.05, 0.1) is 0 Å². The number of halogens is 2. The summed E-state index contributed by atoms with van der Waals surface area (Å²) in [5, 5.41) is 7.02.